The third-order valence-corrected chi connectivity index (χ3v) is 4.09. The number of hydrogen-bond donors (Lipinski definition) is 2. The van der Waals surface area contributed by atoms with Gasteiger partial charge in [0.15, 0.2) is 16.6 Å². The molecule has 0 aliphatic rings. The fraction of sp³-hybridized carbons (Fsp3) is 0.118. The molecule has 24 heavy (non-hydrogen) atoms. The van der Waals surface area contributed by atoms with Crippen LogP contribution in [0.5, 0.6) is 11.5 Å². The number of hydrogen-bond acceptors (Lipinski definition) is 6. The van der Waals surface area contributed by atoms with Crippen LogP contribution in [-0.2, 0) is 11.2 Å². The Balaban J connectivity index is 1.66. The summed E-state index contributed by atoms with van der Waals surface area (Å²) >= 11 is 1.37. The van der Waals surface area contributed by atoms with E-state index in [9.17, 15) is 9.90 Å². The molecule has 0 bridgehead atoms. The van der Waals surface area contributed by atoms with Gasteiger partial charge in [-0.05, 0) is 29.8 Å². The average molecular weight is 341 g/mol. The van der Waals surface area contributed by atoms with Crippen molar-refractivity contribution in [1.82, 2.24) is 9.97 Å². The number of thiazole rings is 1. The van der Waals surface area contributed by atoms with Crippen LogP contribution in [0.25, 0.3) is 11.3 Å². The Morgan fingerprint density at radius 2 is 2.08 bits per heavy atom. The van der Waals surface area contributed by atoms with Gasteiger partial charge in [-0.2, -0.15) is 0 Å². The number of nitrogens with zero attached hydrogens (tertiary/aromatic N) is 2. The number of pyridine rings is 1. The Labute approximate surface area is 142 Å². The molecule has 2 heterocycles. The second-order valence-corrected chi connectivity index (χ2v) is 5.86. The summed E-state index contributed by atoms with van der Waals surface area (Å²) in [5, 5.41) is 14.8. The molecule has 0 saturated carbocycles. The number of phenolic OH excluding ortho intramolecular Hbond substituents is 1. The van der Waals surface area contributed by atoms with Crippen molar-refractivity contribution in [3.8, 4) is 22.8 Å². The summed E-state index contributed by atoms with van der Waals surface area (Å²) in [5.41, 5.74) is 2.49. The second-order valence-electron chi connectivity index (χ2n) is 5.00. The number of aromatic hydroxyl groups is 1. The molecule has 2 aromatic heterocycles. The molecule has 0 saturated heterocycles. The van der Waals surface area contributed by atoms with Gasteiger partial charge in [0.1, 0.15) is 0 Å². The Hall–Kier alpha value is -2.93. The lowest BCUT2D eigenvalue weighted by atomic mass is 10.1. The summed E-state index contributed by atoms with van der Waals surface area (Å²) in [6.07, 6.45) is 3.57. The molecule has 0 aliphatic carbocycles. The predicted octanol–water partition coefficient (Wildman–Crippen LogP) is 3.10. The average Bonchev–Trinajstić information content (AvgIpc) is 3.05. The minimum absolute atomic E-state index is 0.0450. The number of benzene rings is 1. The van der Waals surface area contributed by atoms with E-state index < -0.39 is 0 Å². The van der Waals surface area contributed by atoms with E-state index in [0.717, 1.165) is 16.8 Å². The van der Waals surface area contributed by atoms with Crippen LogP contribution in [0.3, 0.4) is 0 Å². The van der Waals surface area contributed by atoms with Gasteiger partial charge in [-0.15, -0.1) is 11.3 Å². The van der Waals surface area contributed by atoms with Crippen LogP contribution in [0.1, 0.15) is 5.56 Å². The Morgan fingerprint density at radius 1 is 1.29 bits per heavy atom. The number of ether oxygens (including phenoxy) is 1. The molecule has 0 radical (unpaired) electrons. The first kappa shape index (κ1) is 15.9. The molecule has 3 aromatic rings. The van der Waals surface area contributed by atoms with Crippen LogP contribution in [0.4, 0.5) is 5.13 Å². The number of anilines is 1. The Bertz CT molecular complexity index is 849. The van der Waals surface area contributed by atoms with Crippen molar-refractivity contribution in [3.05, 3.63) is 53.7 Å². The summed E-state index contributed by atoms with van der Waals surface area (Å²) in [6.45, 7) is 0. The van der Waals surface area contributed by atoms with Crippen LogP contribution in [0.15, 0.2) is 48.1 Å². The van der Waals surface area contributed by atoms with E-state index >= 15 is 0 Å². The first-order valence-corrected chi connectivity index (χ1v) is 8.05. The van der Waals surface area contributed by atoms with E-state index in [0.29, 0.717) is 10.9 Å². The number of rotatable bonds is 5. The van der Waals surface area contributed by atoms with Crippen LogP contribution >= 0.6 is 11.3 Å². The lowest BCUT2D eigenvalue weighted by molar-refractivity contribution is -0.115. The van der Waals surface area contributed by atoms with Gasteiger partial charge < -0.3 is 15.2 Å². The van der Waals surface area contributed by atoms with Gasteiger partial charge in [-0.1, -0.05) is 6.07 Å². The molecule has 0 fully saturated rings. The molecule has 0 spiro atoms. The summed E-state index contributed by atoms with van der Waals surface area (Å²) in [4.78, 5) is 20.5. The van der Waals surface area contributed by atoms with Crippen molar-refractivity contribution in [1.29, 1.82) is 0 Å². The van der Waals surface area contributed by atoms with Crippen molar-refractivity contribution in [3.63, 3.8) is 0 Å². The van der Waals surface area contributed by atoms with Crippen molar-refractivity contribution in [2.75, 3.05) is 12.4 Å². The quantitative estimate of drug-likeness (QED) is 0.745. The van der Waals surface area contributed by atoms with E-state index in [1.54, 1.807) is 24.5 Å². The highest BCUT2D eigenvalue weighted by molar-refractivity contribution is 7.14. The van der Waals surface area contributed by atoms with Crippen molar-refractivity contribution < 1.29 is 14.6 Å². The number of amides is 1. The SMILES string of the molecule is COc1cc(CC(=O)Nc2nc(-c3ccncc3)cs2)ccc1O. The monoisotopic (exact) mass is 341 g/mol. The number of aromatic nitrogens is 2. The highest BCUT2D eigenvalue weighted by atomic mass is 32.1. The molecular weight excluding hydrogens is 326 g/mol. The molecular formula is C17H15N3O3S. The van der Waals surface area contributed by atoms with E-state index in [4.69, 9.17) is 4.74 Å². The molecule has 0 unspecified atom stereocenters. The summed E-state index contributed by atoms with van der Waals surface area (Å²) in [6, 6.07) is 8.56. The number of nitrogens with one attached hydrogen (secondary N) is 1. The minimum atomic E-state index is -0.182. The van der Waals surface area contributed by atoms with E-state index in [1.807, 2.05) is 17.5 Å². The first-order chi connectivity index (χ1) is 11.7. The molecule has 122 valence electrons. The normalized spacial score (nSPS) is 10.4. The highest BCUT2D eigenvalue weighted by Gasteiger charge is 2.10. The molecule has 7 heteroatoms. The predicted molar refractivity (Wildman–Crippen MR) is 92.3 cm³/mol. The van der Waals surface area contributed by atoms with Gasteiger partial charge in [0.25, 0.3) is 0 Å². The standard InChI is InChI=1S/C17H15N3O3S/c1-23-15-8-11(2-3-14(15)21)9-16(22)20-17-19-13(10-24-17)12-4-6-18-7-5-12/h2-8,10,21H,9H2,1H3,(H,19,20,22). The maximum atomic E-state index is 12.2. The first-order valence-electron chi connectivity index (χ1n) is 7.17. The Morgan fingerprint density at radius 3 is 2.83 bits per heavy atom. The second kappa shape index (κ2) is 7.10. The van der Waals surface area contributed by atoms with E-state index in [-0.39, 0.29) is 18.1 Å². The van der Waals surface area contributed by atoms with Crippen molar-refractivity contribution >= 4 is 22.4 Å². The molecule has 1 amide bonds. The molecule has 2 N–H and O–H groups in total. The van der Waals surface area contributed by atoms with Crippen LogP contribution < -0.4 is 10.1 Å². The van der Waals surface area contributed by atoms with Crippen LogP contribution in [0.2, 0.25) is 0 Å². The zero-order chi connectivity index (χ0) is 16.9. The maximum Gasteiger partial charge on any atom is 0.230 e. The Kier molecular flexibility index (Phi) is 4.72. The largest absolute Gasteiger partial charge is 0.504 e. The number of carbonyl (C=O) groups excluding carboxylic acids is 1. The van der Waals surface area contributed by atoms with Gasteiger partial charge >= 0.3 is 0 Å². The van der Waals surface area contributed by atoms with E-state index in [2.05, 4.69) is 15.3 Å². The number of carbonyl (C=O) groups is 1. The summed E-state index contributed by atoms with van der Waals surface area (Å²) in [5.74, 6) is 0.205. The lowest BCUT2D eigenvalue weighted by Crippen LogP contribution is -2.14. The topological polar surface area (TPSA) is 84.3 Å². The molecule has 3 rings (SSSR count). The third-order valence-electron chi connectivity index (χ3n) is 3.34. The minimum Gasteiger partial charge on any atom is -0.504 e. The molecule has 6 nitrogen and oxygen atoms in total. The zero-order valence-corrected chi connectivity index (χ0v) is 13.7. The van der Waals surface area contributed by atoms with Gasteiger partial charge in [0.05, 0.1) is 19.2 Å². The highest BCUT2D eigenvalue weighted by Crippen LogP contribution is 2.27. The maximum absolute atomic E-state index is 12.2. The fourth-order valence-electron chi connectivity index (χ4n) is 2.17. The fourth-order valence-corrected chi connectivity index (χ4v) is 2.90. The molecule has 0 atom stereocenters. The molecule has 1 aromatic carbocycles. The number of phenols is 1. The smallest absolute Gasteiger partial charge is 0.230 e. The third kappa shape index (κ3) is 3.69. The molecule has 0 aliphatic heterocycles. The van der Waals surface area contributed by atoms with Crippen LogP contribution in [-0.4, -0.2) is 28.1 Å². The number of methoxy groups -OCH3 is 1. The van der Waals surface area contributed by atoms with Gasteiger partial charge in [0, 0.05) is 23.3 Å². The summed E-state index contributed by atoms with van der Waals surface area (Å²) < 4.78 is 5.04. The van der Waals surface area contributed by atoms with Gasteiger partial charge in [-0.3, -0.25) is 9.78 Å². The van der Waals surface area contributed by atoms with Crippen molar-refractivity contribution in [2.24, 2.45) is 0 Å². The van der Waals surface area contributed by atoms with Crippen molar-refractivity contribution in [2.45, 2.75) is 6.42 Å². The van der Waals surface area contributed by atoms with Gasteiger partial charge in [-0.25, -0.2) is 4.98 Å². The van der Waals surface area contributed by atoms with Gasteiger partial charge in [0.2, 0.25) is 5.91 Å². The van der Waals surface area contributed by atoms with Crippen LogP contribution in [0, 0.1) is 0 Å². The zero-order valence-electron chi connectivity index (χ0n) is 12.9. The van der Waals surface area contributed by atoms with E-state index in [1.165, 1.54) is 24.5 Å². The lowest BCUT2D eigenvalue weighted by Gasteiger charge is -2.06. The summed E-state index contributed by atoms with van der Waals surface area (Å²) in [7, 11) is 1.47.